The van der Waals surface area contributed by atoms with Crippen LogP contribution in [0.3, 0.4) is 0 Å². The summed E-state index contributed by atoms with van der Waals surface area (Å²) in [4.78, 5) is 12.3. The number of Topliss-reactive ketones (excluding diaryl/α,β-unsaturated/α-hetero) is 1. The Morgan fingerprint density at radius 3 is 2.64 bits per heavy atom. The van der Waals surface area contributed by atoms with Gasteiger partial charge in [-0.05, 0) is 42.3 Å². The second-order valence-corrected chi connectivity index (χ2v) is 5.32. The third kappa shape index (κ3) is 2.35. The molecule has 1 aliphatic heterocycles. The lowest BCUT2D eigenvalue weighted by atomic mass is 9.94. The third-order valence-electron chi connectivity index (χ3n) is 3.72. The second-order valence-electron chi connectivity index (χ2n) is 5.32. The molecule has 0 radical (unpaired) electrons. The van der Waals surface area contributed by atoms with Crippen LogP contribution in [0.1, 0.15) is 34.0 Å². The number of carbonyl (C=O) groups excluding carboxylic acids is 1. The summed E-state index contributed by atoms with van der Waals surface area (Å²) in [5, 5.41) is 19.8. The largest absolute Gasteiger partial charge is 0.507 e. The van der Waals surface area contributed by atoms with E-state index in [2.05, 4.69) is 0 Å². The number of aromatic hydroxyl groups is 2. The summed E-state index contributed by atoms with van der Waals surface area (Å²) >= 11 is 0. The summed E-state index contributed by atoms with van der Waals surface area (Å²) in [6.45, 7) is 1.82. The molecule has 2 aromatic carbocycles. The summed E-state index contributed by atoms with van der Waals surface area (Å²) in [7, 11) is 1.47. The number of hydrogen-bond donors (Lipinski definition) is 2. The molecule has 22 heavy (non-hydrogen) atoms. The fraction of sp³-hybridized carbons (Fsp3) is 0.235. The minimum absolute atomic E-state index is 0.00562. The highest BCUT2D eigenvalue weighted by Gasteiger charge is 2.30. The first-order valence-corrected chi connectivity index (χ1v) is 6.90. The number of phenols is 2. The van der Waals surface area contributed by atoms with E-state index in [0.717, 1.165) is 5.56 Å². The van der Waals surface area contributed by atoms with Gasteiger partial charge in [-0.25, -0.2) is 0 Å². The molecule has 0 amide bonds. The molecule has 0 aromatic heterocycles. The van der Waals surface area contributed by atoms with Gasteiger partial charge in [-0.15, -0.1) is 0 Å². The molecule has 0 fully saturated rings. The Labute approximate surface area is 127 Å². The first-order chi connectivity index (χ1) is 10.5. The minimum Gasteiger partial charge on any atom is -0.507 e. The molecule has 0 bridgehead atoms. The van der Waals surface area contributed by atoms with E-state index < -0.39 is 6.10 Å². The van der Waals surface area contributed by atoms with E-state index in [0.29, 0.717) is 17.1 Å². The normalized spacial score (nSPS) is 16.8. The van der Waals surface area contributed by atoms with Crippen LogP contribution in [0, 0.1) is 6.92 Å². The predicted octanol–water partition coefficient (Wildman–Crippen LogP) is 3.12. The molecular weight excluding hydrogens is 284 g/mol. The monoisotopic (exact) mass is 300 g/mol. The van der Waals surface area contributed by atoms with Crippen molar-refractivity contribution in [2.24, 2.45) is 0 Å². The third-order valence-corrected chi connectivity index (χ3v) is 3.72. The van der Waals surface area contributed by atoms with Crippen molar-refractivity contribution in [1.29, 1.82) is 0 Å². The fourth-order valence-corrected chi connectivity index (χ4v) is 2.67. The number of hydrogen-bond acceptors (Lipinski definition) is 5. The number of phenolic OH excluding ortho intramolecular Hbond substituents is 2. The Kier molecular flexibility index (Phi) is 3.41. The van der Waals surface area contributed by atoms with Crippen molar-refractivity contribution in [3.8, 4) is 23.0 Å². The van der Waals surface area contributed by atoms with Gasteiger partial charge in [0, 0.05) is 0 Å². The quantitative estimate of drug-likeness (QED) is 0.891. The van der Waals surface area contributed by atoms with Crippen LogP contribution in [0.15, 0.2) is 30.3 Å². The first-order valence-electron chi connectivity index (χ1n) is 6.90. The van der Waals surface area contributed by atoms with E-state index >= 15 is 0 Å². The molecule has 2 N–H and O–H groups in total. The maximum Gasteiger partial charge on any atom is 0.174 e. The molecule has 0 spiro atoms. The maximum atomic E-state index is 12.3. The van der Waals surface area contributed by atoms with E-state index in [1.54, 1.807) is 24.3 Å². The van der Waals surface area contributed by atoms with E-state index in [4.69, 9.17) is 9.47 Å². The van der Waals surface area contributed by atoms with Gasteiger partial charge in [-0.3, -0.25) is 4.79 Å². The van der Waals surface area contributed by atoms with Crippen molar-refractivity contribution in [2.75, 3.05) is 7.11 Å². The lowest BCUT2D eigenvalue weighted by molar-refractivity contribution is 0.0845. The molecule has 1 atom stereocenters. The van der Waals surface area contributed by atoms with Gasteiger partial charge >= 0.3 is 0 Å². The lowest BCUT2D eigenvalue weighted by Gasteiger charge is -2.26. The molecule has 5 heteroatoms. The van der Waals surface area contributed by atoms with Crippen molar-refractivity contribution in [1.82, 2.24) is 0 Å². The predicted molar refractivity (Wildman–Crippen MR) is 79.8 cm³/mol. The Balaban J connectivity index is 1.98. The Morgan fingerprint density at radius 1 is 1.18 bits per heavy atom. The van der Waals surface area contributed by atoms with Crippen molar-refractivity contribution in [2.45, 2.75) is 19.4 Å². The van der Waals surface area contributed by atoms with Gasteiger partial charge in [-0.1, -0.05) is 6.07 Å². The van der Waals surface area contributed by atoms with Gasteiger partial charge in [0.05, 0.1) is 13.5 Å². The van der Waals surface area contributed by atoms with E-state index in [-0.39, 0.29) is 29.3 Å². The Hall–Kier alpha value is -2.69. The Bertz CT molecular complexity index is 751. The zero-order valence-corrected chi connectivity index (χ0v) is 12.3. The summed E-state index contributed by atoms with van der Waals surface area (Å²) in [6, 6.07) is 8.17. The van der Waals surface area contributed by atoms with E-state index in [1.807, 2.05) is 6.92 Å². The topological polar surface area (TPSA) is 76.0 Å². The van der Waals surface area contributed by atoms with Crippen LogP contribution >= 0.6 is 0 Å². The standard InChI is InChI=1S/C17H16O5/c1-9-5-12(19)17-13(20)8-15(22-16(17)6-9)10-3-4-14(21-2)11(18)7-10/h3-7,15,18-19H,8H2,1-2H3/t15-/m1/s1. The average Bonchev–Trinajstić information content (AvgIpc) is 2.45. The highest BCUT2D eigenvalue weighted by Crippen LogP contribution is 2.41. The van der Waals surface area contributed by atoms with Crippen LogP contribution < -0.4 is 9.47 Å². The molecule has 0 aliphatic carbocycles. The van der Waals surface area contributed by atoms with Gasteiger partial charge in [0.2, 0.25) is 0 Å². The average molecular weight is 300 g/mol. The van der Waals surface area contributed by atoms with Gasteiger partial charge in [-0.2, -0.15) is 0 Å². The van der Waals surface area contributed by atoms with Crippen molar-refractivity contribution in [3.63, 3.8) is 0 Å². The first kappa shape index (κ1) is 14.3. The molecule has 2 aromatic rings. The van der Waals surface area contributed by atoms with Crippen molar-refractivity contribution < 1.29 is 24.5 Å². The minimum atomic E-state index is -0.502. The van der Waals surface area contributed by atoms with Crippen LogP contribution in [0.4, 0.5) is 0 Å². The van der Waals surface area contributed by atoms with Crippen LogP contribution in [-0.2, 0) is 0 Å². The zero-order chi connectivity index (χ0) is 15.9. The number of aryl methyl sites for hydroxylation is 1. The van der Waals surface area contributed by atoms with E-state index in [9.17, 15) is 15.0 Å². The zero-order valence-electron chi connectivity index (χ0n) is 12.3. The summed E-state index contributed by atoms with van der Waals surface area (Å²) < 4.78 is 10.9. The summed E-state index contributed by atoms with van der Waals surface area (Å²) in [5.41, 5.74) is 1.71. The second kappa shape index (κ2) is 5.26. The van der Waals surface area contributed by atoms with E-state index in [1.165, 1.54) is 13.2 Å². The van der Waals surface area contributed by atoms with Crippen LogP contribution in [0.2, 0.25) is 0 Å². The number of carbonyl (C=O) groups is 1. The van der Waals surface area contributed by atoms with Gasteiger partial charge in [0.1, 0.15) is 23.2 Å². The highest BCUT2D eigenvalue weighted by atomic mass is 16.5. The van der Waals surface area contributed by atoms with Gasteiger partial charge < -0.3 is 19.7 Å². The molecule has 5 nitrogen and oxygen atoms in total. The van der Waals surface area contributed by atoms with Crippen molar-refractivity contribution in [3.05, 3.63) is 47.0 Å². The smallest absolute Gasteiger partial charge is 0.174 e. The van der Waals surface area contributed by atoms with Gasteiger partial charge in [0.25, 0.3) is 0 Å². The molecule has 1 aliphatic rings. The number of rotatable bonds is 2. The maximum absolute atomic E-state index is 12.3. The molecule has 3 rings (SSSR count). The summed E-state index contributed by atoms with van der Waals surface area (Å²) in [6.07, 6.45) is -0.395. The van der Waals surface area contributed by atoms with Crippen LogP contribution in [0.5, 0.6) is 23.0 Å². The number of methoxy groups -OCH3 is 1. The number of ether oxygens (including phenoxy) is 2. The Morgan fingerprint density at radius 2 is 1.95 bits per heavy atom. The molecule has 0 unspecified atom stereocenters. The summed E-state index contributed by atoms with van der Waals surface area (Å²) in [5.74, 6) is 0.484. The molecule has 0 saturated carbocycles. The number of fused-ring (bicyclic) bond motifs is 1. The van der Waals surface area contributed by atoms with Crippen LogP contribution in [-0.4, -0.2) is 23.1 Å². The highest BCUT2D eigenvalue weighted by molar-refractivity contribution is 6.02. The number of ketones is 1. The molecule has 1 heterocycles. The van der Waals surface area contributed by atoms with Crippen molar-refractivity contribution >= 4 is 5.78 Å². The SMILES string of the molecule is COc1ccc([C@H]2CC(=O)c3c(O)cc(C)cc3O2)cc1O. The lowest BCUT2D eigenvalue weighted by Crippen LogP contribution is -2.20. The number of benzene rings is 2. The van der Waals surface area contributed by atoms with Gasteiger partial charge in [0.15, 0.2) is 17.3 Å². The molecule has 114 valence electrons. The molecule has 0 saturated heterocycles. The van der Waals surface area contributed by atoms with Crippen LogP contribution in [0.25, 0.3) is 0 Å². The molecular formula is C17H16O5. The fourth-order valence-electron chi connectivity index (χ4n) is 2.67.